The Morgan fingerprint density at radius 3 is 2.65 bits per heavy atom. The van der Waals surface area contributed by atoms with Crippen molar-refractivity contribution in [2.75, 3.05) is 19.6 Å². The molecule has 6 atom stereocenters. The van der Waals surface area contributed by atoms with Crippen molar-refractivity contribution in [3.05, 3.63) is 47.3 Å². The molecule has 0 bridgehead atoms. The van der Waals surface area contributed by atoms with Crippen LogP contribution in [0, 0.1) is 23.7 Å². The third kappa shape index (κ3) is 7.09. The first-order valence-corrected chi connectivity index (χ1v) is 19.1. The van der Waals surface area contributed by atoms with Crippen molar-refractivity contribution in [2.45, 2.75) is 89.4 Å². The third-order valence-electron chi connectivity index (χ3n) is 10.9. The van der Waals surface area contributed by atoms with Gasteiger partial charge in [-0.2, -0.15) is 0 Å². The minimum absolute atomic E-state index is 0.0143. The molecule has 4 aliphatic rings. The first kappa shape index (κ1) is 35.8. The summed E-state index contributed by atoms with van der Waals surface area (Å²) in [5.74, 6) is -3.65. The summed E-state index contributed by atoms with van der Waals surface area (Å²) in [4.78, 5) is 81.0. The van der Waals surface area contributed by atoms with Gasteiger partial charge in [-0.25, -0.2) is 14.8 Å². The minimum Gasteiger partial charge on any atom is -0.479 e. The summed E-state index contributed by atoms with van der Waals surface area (Å²) in [7, 11) is 0. The number of aliphatic carboxylic acids is 1. The van der Waals surface area contributed by atoms with Gasteiger partial charge in [-0.05, 0) is 58.6 Å². The summed E-state index contributed by atoms with van der Waals surface area (Å²) >= 11 is 1.44. The van der Waals surface area contributed by atoms with Gasteiger partial charge in [0.15, 0.2) is 5.82 Å². The molecule has 13 nitrogen and oxygen atoms in total. The van der Waals surface area contributed by atoms with Gasteiger partial charge >= 0.3 is 11.9 Å². The Kier molecular flexibility index (Phi) is 9.70. The number of nitrogens with one attached hydrogen (secondary N) is 1. The Balaban J connectivity index is 1.16. The number of ether oxygens (including phenoxy) is 1. The van der Waals surface area contributed by atoms with E-state index in [9.17, 15) is 29.1 Å². The SMILES string of the molecule is CC(C)(C)OC(=O)C[C@@H]1CCCCC/C=C\[C@@H]2C[C@@]2(C(=O)O)NC(=O)[C@@H]2[C@H]3CN(C(=O)Cn4c(-c5cscn5)nc5ccccc54)C[C@H]3CN2C1=O. The molecule has 2 saturated heterocycles. The van der Waals surface area contributed by atoms with Crippen molar-refractivity contribution in [2.24, 2.45) is 23.7 Å². The highest BCUT2D eigenvalue weighted by Gasteiger charge is 2.62. The van der Waals surface area contributed by atoms with E-state index in [0.717, 1.165) is 36.7 Å². The van der Waals surface area contributed by atoms with Crippen LogP contribution < -0.4 is 5.32 Å². The summed E-state index contributed by atoms with van der Waals surface area (Å²) in [6.07, 6.45) is 7.68. The highest BCUT2D eigenvalue weighted by molar-refractivity contribution is 7.07. The van der Waals surface area contributed by atoms with E-state index in [1.54, 1.807) is 36.1 Å². The Morgan fingerprint density at radius 1 is 1.10 bits per heavy atom. The van der Waals surface area contributed by atoms with Crippen molar-refractivity contribution in [3.63, 3.8) is 0 Å². The zero-order valence-corrected chi connectivity index (χ0v) is 30.6. The number of carboxylic acid groups (broad SMARTS) is 1. The summed E-state index contributed by atoms with van der Waals surface area (Å²) < 4.78 is 7.47. The van der Waals surface area contributed by atoms with Gasteiger partial charge in [-0.3, -0.25) is 19.2 Å². The van der Waals surface area contributed by atoms with Crippen molar-refractivity contribution in [1.29, 1.82) is 0 Å². The van der Waals surface area contributed by atoms with Crippen LogP contribution in [-0.2, 0) is 35.3 Å². The molecule has 1 saturated carbocycles. The molecule has 3 aromatic rings. The zero-order valence-electron chi connectivity index (χ0n) is 29.8. The molecule has 0 unspecified atom stereocenters. The van der Waals surface area contributed by atoms with Crippen LogP contribution in [0.25, 0.3) is 22.6 Å². The van der Waals surface area contributed by atoms with Crippen molar-refractivity contribution < 1.29 is 33.8 Å². The number of carboxylic acids is 1. The number of benzene rings is 1. The van der Waals surface area contributed by atoms with Gasteiger partial charge in [0, 0.05) is 48.7 Å². The van der Waals surface area contributed by atoms with Gasteiger partial charge in [0.25, 0.3) is 0 Å². The Bertz CT molecular complexity index is 1900. The number of carbonyl (C=O) groups excluding carboxylic acids is 4. The van der Waals surface area contributed by atoms with Gasteiger partial charge in [0.05, 0.1) is 23.0 Å². The number of carbonyl (C=O) groups is 5. The number of hydrogen-bond acceptors (Lipinski definition) is 9. The largest absolute Gasteiger partial charge is 0.479 e. The summed E-state index contributed by atoms with van der Waals surface area (Å²) in [5, 5.41) is 15.0. The van der Waals surface area contributed by atoms with Crippen molar-refractivity contribution >= 4 is 52.0 Å². The number of imidazole rings is 1. The fourth-order valence-corrected chi connectivity index (χ4v) is 8.81. The standard InChI is InChI=1S/C38H46N6O7S/c1-37(2,3)51-31(46)15-23-11-7-5-4-6-8-12-25-16-38(25,36(49)50)41-34(47)32-26-19-42(17-24(26)18-44(32)35(23)48)30(45)20-43-29-14-10-9-13-27(29)40-33(43)28-21-52-22-39-28/h8-10,12-14,21-26,32H,4-7,11,15-20H2,1-3H3,(H,41,47)(H,49,50)/b12-8-/t23-,24-,25+,26-,32-,38+/m0/s1. The molecule has 14 heteroatoms. The van der Waals surface area contributed by atoms with Gasteiger partial charge in [0.1, 0.15) is 29.4 Å². The number of hydrogen-bond donors (Lipinski definition) is 2. The zero-order chi connectivity index (χ0) is 36.8. The van der Waals surface area contributed by atoms with E-state index in [1.807, 2.05) is 46.4 Å². The number of thiazole rings is 1. The molecule has 1 aromatic carbocycles. The molecule has 0 radical (unpaired) electrons. The quantitative estimate of drug-likeness (QED) is 0.279. The van der Waals surface area contributed by atoms with E-state index >= 15 is 0 Å². The molecule has 7 rings (SSSR count). The normalized spacial score (nSPS) is 28.6. The van der Waals surface area contributed by atoms with Gasteiger partial charge in [-0.1, -0.05) is 37.1 Å². The Morgan fingerprint density at radius 2 is 1.90 bits per heavy atom. The maximum absolute atomic E-state index is 14.5. The number of likely N-dealkylation sites (tertiary alicyclic amines) is 1. The molecule has 3 amide bonds. The summed E-state index contributed by atoms with van der Waals surface area (Å²) in [6, 6.07) is 6.61. The summed E-state index contributed by atoms with van der Waals surface area (Å²) in [5.41, 5.74) is 1.79. The van der Waals surface area contributed by atoms with Crippen LogP contribution in [0.2, 0.25) is 0 Å². The van der Waals surface area contributed by atoms with E-state index in [4.69, 9.17) is 9.72 Å². The lowest BCUT2D eigenvalue weighted by Crippen LogP contribution is -2.56. The van der Waals surface area contributed by atoms with Crippen LogP contribution in [-0.4, -0.2) is 95.9 Å². The molecule has 3 aliphatic heterocycles. The van der Waals surface area contributed by atoms with Crippen molar-refractivity contribution in [3.8, 4) is 11.5 Å². The fraction of sp³-hybridized carbons (Fsp3) is 0.553. The first-order valence-electron chi connectivity index (χ1n) is 18.2. The minimum atomic E-state index is -1.45. The molecular weight excluding hydrogens is 685 g/mol. The van der Waals surface area contributed by atoms with Gasteiger partial charge in [0.2, 0.25) is 17.7 Å². The molecule has 52 heavy (non-hydrogen) atoms. The topological polar surface area (TPSA) is 164 Å². The highest BCUT2D eigenvalue weighted by atomic mass is 32.1. The Labute approximate surface area is 306 Å². The van der Waals surface area contributed by atoms with Crippen molar-refractivity contribution in [1.82, 2.24) is 29.7 Å². The number of allylic oxidation sites excluding steroid dienone is 1. The number of rotatable bonds is 6. The first-order chi connectivity index (χ1) is 24.8. The smallest absolute Gasteiger partial charge is 0.330 e. The molecule has 3 fully saturated rings. The lowest BCUT2D eigenvalue weighted by atomic mass is 9.92. The highest BCUT2D eigenvalue weighted by Crippen LogP contribution is 2.46. The number of aromatic nitrogens is 3. The van der Waals surface area contributed by atoms with E-state index in [0.29, 0.717) is 24.5 Å². The molecule has 1 aliphatic carbocycles. The summed E-state index contributed by atoms with van der Waals surface area (Å²) in [6.45, 7) is 6.14. The van der Waals surface area contributed by atoms with Gasteiger partial charge < -0.3 is 29.5 Å². The number of nitrogens with zero attached hydrogens (tertiary/aromatic N) is 5. The van der Waals surface area contributed by atoms with E-state index in [2.05, 4.69) is 10.3 Å². The average Bonchev–Trinajstić information content (AvgIpc) is 3.59. The Hall–Kier alpha value is -4.59. The monoisotopic (exact) mass is 730 g/mol. The van der Waals surface area contributed by atoms with E-state index in [1.165, 1.54) is 11.3 Å². The third-order valence-corrected chi connectivity index (χ3v) is 11.5. The average molecular weight is 731 g/mol. The van der Waals surface area contributed by atoms with Crippen LogP contribution in [0.1, 0.15) is 65.7 Å². The van der Waals surface area contributed by atoms with E-state index < -0.39 is 46.9 Å². The molecule has 2 aromatic heterocycles. The maximum atomic E-state index is 14.5. The van der Waals surface area contributed by atoms with E-state index in [-0.39, 0.29) is 56.1 Å². The predicted molar refractivity (Wildman–Crippen MR) is 193 cm³/mol. The molecule has 0 spiro atoms. The lowest BCUT2D eigenvalue weighted by Gasteiger charge is -2.32. The fourth-order valence-electron chi connectivity index (χ4n) is 8.28. The second-order valence-electron chi connectivity index (χ2n) is 15.7. The molecule has 5 heterocycles. The van der Waals surface area contributed by atoms with Gasteiger partial charge in [-0.15, -0.1) is 11.3 Å². The lowest BCUT2D eigenvalue weighted by molar-refractivity contribution is -0.159. The van der Waals surface area contributed by atoms with Crippen LogP contribution in [0.15, 0.2) is 47.3 Å². The van der Waals surface area contributed by atoms with Crippen LogP contribution in [0.3, 0.4) is 0 Å². The second-order valence-corrected chi connectivity index (χ2v) is 16.4. The predicted octanol–water partition coefficient (Wildman–Crippen LogP) is 4.27. The van der Waals surface area contributed by atoms with Crippen LogP contribution in [0.4, 0.5) is 0 Å². The van der Waals surface area contributed by atoms with Crippen LogP contribution >= 0.6 is 11.3 Å². The second kappa shape index (κ2) is 14.1. The molecule has 2 N–H and O–H groups in total. The number of fused-ring (bicyclic) bond motifs is 5. The number of esters is 1. The molecule has 276 valence electrons. The number of amides is 3. The van der Waals surface area contributed by atoms with Crippen LogP contribution in [0.5, 0.6) is 0 Å². The molecular formula is C38H46N6O7S. The maximum Gasteiger partial charge on any atom is 0.330 e. The number of para-hydroxylation sites is 2.